The zero-order valence-electron chi connectivity index (χ0n) is 10.0. The van der Waals surface area contributed by atoms with Crippen molar-refractivity contribution in [3.8, 4) is 0 Å². The minimum atomic E-state index is -0.444. The van der Waals surface area contributed by atoms with Crippen LogP contribution < -0.4 is 10.6 Å². The van der Waals surface area contributed by atoms with E-state index in [9.17, 15) is 10.1 Å². The summed E-state index contributed by atoms with van der Waals surface area (Å²) in [5, 5.41) is 10.9. The molecule has 0 spiro atoms. The molecule has 2 rings (SSSR count). The third kappa shape index (κ3) is 2.23. The van der Waals surface area contributed by atoms with E-state index in [0.717, 1.165) is 13.0 Å². The zero-order valence-corrected chi connectivity index (χ0v) is 10.0. The first-order valence-corrected chi connectivity index (χ1v) is 5.65. The number of imidazole rings is 1. The number of hydrogen-bond acceptors (Lipinski definition) is 5. The first-order chi connectivity index (χ1) is 7.99. The Kier molecular flexibility index (Phi) is 3.01. The van der Waals surface area contributed by atoms with Crippen molar-refractivity contribution in [1.82, 2.24) is 9.55 Å². The molecule has 2 unspecified atom stereocenters. The van der Waals surface area contributed by atoms with Crippen LogP contribution in [-0.2, 0) is 7.05 Å². The van der Waals surface area contributed by atoms with Crippen molar-refractivity contribution < 1.29 is 4.92 Å². The highest BCUT2D eigenvalue weighted by molar-refractivity contribution is 5.55. The second-order valence-electron chi connectivity index (χ2n) is 4.77. The SMILES string of the molecule is CC1CC(N)CN(c2c([N+](=O)[O-])ncn2C)C1. The van der Waals surface area contributed by atoms with Gasteiger partial charge in [0.15, 0.2) is 0 Å². The van der Waals surface area contributed by atoms with E-state index in [-0.39, 0.29) is 11.9 Å². The number of piperidine rings is 1. The van der Waals surface area contributed by atoms with Gasteiger partial charge in [-0.25, -0.2) is 0 Å². The predicted octanol–water partition coefficient (Wildman–Crippen LogP) is 0.502. The van der Waals surface area contributed by atoms with E-state index in [1.165, 1.54) is 6.33 Å². The second-order valence-corrected chi connectivity index (χ2v) is 4.77. The number of hydrogen-bond donors (Lipinski definition) is 1. The summed E-state index contributed by atoms with van der Waals surface area (Å²) in [6, 6.07) is 0.0632. The van der Waals surface area contributed by atoms with Gasteiger partial charge in [0.2, 0.25) is 12.1 Å². The zero-order chi connectivity index (χ0) is 12.6. The fourth-order valence-corrected chi connectivity index (χ4v) is 2.48. The standard InChI is InChI=1S/C10H17N5O2/c1-7-3-8(11)5-14(4-7)10-9(15(16)17)12-6-13(10)2/h6-8H,3-5,11H2,1-2H3. The molecule has 0 amide bonds. The summed E-state index contributed by atoms with van der Waals surface area (Å²) >= 11 is 0. The van der Waals surface area contributed by atoms with Crippen LogP contribution in [0.2, 0.25) is 0 Å². The molecule has 0 bridgehead atoms. The molecule has 1 saturated heterocycles. The van der Waals surface area contributed by atoms with E-state index in [1.54, 1.807) is 11.6 Å². The average molecular weight is 239 g/mol. The van der Waals surface area contributed by atoms with Gasteiger partial charge in [0.1, 0.15) is 0 Å². The topological polar surface area (TPSA) is 90.2 Å². The molecule has 1 fully saturated rings. The quantitative estimate of drug-likeness (QED) is 0.599. The number of aromatic nitrogens is 2. The lowest BCUT2D eigenvalue weighted by Gasteiger charge is -2.35. The number of nitro groups is 1. The summed E-state index contributed by atoms with van der Waals surface area (Å²) in [7, 11) is 1.76. The number of nitrogens with zero attached hydrogens (tertiary/aromatic N) is 4. The van der Waals surface area contributed by atoms with Crippen LogP contribution in [0.5, 0.6) is 0 Å². The molecule has 0 aliphatic carbocycles. The van der Waals surface area contributed by atoms with Gasteiger partial charge >= 0.3 is 5.82 Å². The van der Waals surface area contributed by atoms with Crippen LogP contribution >= 0.6 is 0 Å². The van der Waals surface area contributed by atoms with Crippen molar-refractivity contribution in [2.45, 2.75) is 19.4 Å². The summed E-state index contributed by atoms with van der Waals surface area (Å²) < 4.78 is 1.68. The van der Waals surface area contributed by atoms with E-state index in [4.69, 9.17) is 5.73 Å². The maximum atomic E-state index is 10.9. The summed E-state index contributed by atoms with van der Waals surface area (Å²) in [5.41, 5.74) is 5.96. The summed E-state index contributed by atoms with van der Waals surface area (Å²) in [5.74, 6) is 0.902. The van der Waals surface area contributed by atoms with Gasteiger partial charge in [0.05, 0.1) is 0 Å². The summed E-state index contributed by atoms with van der Waals surface area (Å²) in [4.78, 5) is 16.3. The van der Waals surface area contributed by atoms with Gasteiger partial charge in [-0.15, -0.1) is 0 Å². The van der Waals surface area contributed by atoms with Gasteiger partial charge in [-0.1, -0.05) is 6.92 Å². The number of anilines is 1. The molecule has 2 heterocycles. The highest BCUT2D eigenvalue weighted by Gasteiger charge is 2.30. The van der Waals surface area contributed by atoms with Crippen molar-refractivity contribution in [3.05, 3.63) is 16.4 Å². The van der Waals surface area contributed by atoms with Gasteiger partial charge in [-0.2, -0.15) is 0 Å². The van der Waals surface area contributed by atoms with Crippen molar-refractivity contribution in [2.24, 2.45) is 18.7 Å². The fraction of sp³-hybridized carbons (Fsp3) is 0.700. The van der Waals surface area contributed by atoms with Gasteiger partial charge in [0, 0.05) is 26.2 Å². The van der Waals surface area contributed by atoms with Gasteiger partial charge in [0.25, 0.3) is 0 Å². The molecule has 1 aliphatic rings. The Morgan fingerprint density at radius 1 is 1.59 bits per heavy atom. The molecule has 0 saturated carbocycles. The van der Waals surface area contributed by atoms with Crippen molar-refractivity contribution >= 4 is 11.6 Å². The molecule has 2 atom stereocenters. The first-order valence-electron chi connectivity index (χ1n) is 5.65. The van der Waals surface area contributed by atoms with Crippen molar-refractivity contribution in [3.63, 3.8) is 0 Å². The summed E-state index contributed by atoms with van der Waals surface area (Å²) in [6.45, 7) is 3.53. The van der Waals surface area contributed by atoms with Crippen LogP contribution in [0.4, 0.5) is 11.6 Å². The molecule has 0 radical (unpaired) electrons. The lowest BCUT2D eigenvalue weighted by Crippen LogP contribution is -2.47. The predicted molar refractivity (Wildman–Crippen MR) is 63.8 cm³/mol. The Morgan fingerprint density at radius 3 is 2.88 bits per heavy atom. The molecule has 7 nitrogen and oxygen atoms in total. The van der Waals surface area contributed by atoms with Gasteiger partial charge in [-0.05, 0) is 22.2 Å². The smallest absolute Gasteiger partial charge is 0.358 e. The maximum absolute atomic E-state index is 10.9. The second kappa shape index (κ2) is 4.33. The molecule has 1 aromatic heterocycles. The molecule has 7 heteroatoms. The Hall–Kier alpha value is -1.63. The minimum absolute atomic E-state index is 0.0632. The van der Waals surface area contributed by atoms with E-state index in [1.807, 2.05) is 4.90 Å². The lowest BCUT2D eigenvalue weighted by molar-refractivity contribution is -0.388. The van der Waals surface area contributed by atoms with E-state index < -0.39 is 4.92 Å². The van der Waals surface area contributed by atoms with Crippen LogP contribution in [-0.4, -0.2) is 33.6 Å². The Balaban J connectivity index is 2.32. The minimum Gasteiger partial charge on any atom is -0.358 e. The molecule has 94 valence electrons. The molecule has 0 aromatic carbocycles. The third-order valence-corrected chi connectivity index (χ3v) is 3.05. The number of rotatable bonds is 2. The molecular weight excluding hydrogens is 222 g/mol. The highest BCUT2D eigenvalue weighted by atomic mass is 16.6. The van der Waals surface area contributed by atoms with E-state index in [0.29, 0.717) is 18.3 Å². The Labute approximate surface area is 99.4 Å². The van der Waals surface area contributed by atoms with Crippen molar-refractivity contribution in [1.29, 1.82) is 0 Å². The normalized spacial score (nSPS) is 25.0. The highest BCUT2D eigenvalue weighted by Crippen LogP contribution is 2.29. The molecule has 1 aromatic rings. The molecule has 17 heavy (non-hydrogen) atoms. The first kappa shape index (κ1) is 11.8. The Morgan fingerprint density at radius 2 is 2.29 bits per heavy atom. The van der Waals surface area contributed by atoms with Gasteiger partial charge < -0.3 is 20.7 Å². The van der Waals surface area contributed by atoms with Crippen LogP contribution in [0.1, 0.15) is 13.3 Å². The average Bonchev–Trinajstić information content (AvgIpc) is 2.58. The Bertz CT molecular complexity index is 420. The number of nitrogens with two attached hydrogens (primary N) is 1. The lowest BCUT2D eigenvalue weighted by atomic mass is 9.97. The van der Waals surface area contributed by atoms with Gasteiger partial charge in [-0.3, -0.25) is 4.57 Å². The molecule has 1 aliphatic heterocycles. The number of aryl methyl sites for hydroxylation is 1. The van der Waals surface area contributed by atoms with Crippen LogP contribution in [0.25, 0.3) is 0 Å². The van der Waals surface area contributed by atoms with E-state index >= 15 is 0 Å². The van der Waals surface area contributed by atoms with Crippen LogP contribution in [0, 0.1) is 16.0 Å². The van der Waals surface area contributed by atoms with Crippen LogP contribution in [0.3, 0.4) is 0 Å². The summed E-state index contributed by atoms with van der Waals surface area (Å²) in [6.07, 6.45) is 2.43. The largest absolute Gasteiger partial charge is 0.406 e. The molecule has 2 N–H and O–H groups in total. The maximum Gasteiger partial charge on any atom is 0.406 e. The monoisotopic (exact) mass is 239 g/mol. The molecular formula is C10H17N5O2. The van der Waals surface area contributed by atoms with Crippen molar-refractivity contribution in [2.75, 3.05) is 18.0 Å². The third-order valence-electron chi connectivity index (χ3n) is 3.05. The van der Waals surface area contributed by atoms with E-state index in [2.05, 4.69) is 11.9 Å². The van der Waals surface area contributed by atoms with Crippen LogP contribution in [0.15, 0.2) is 6.33 Å². The fourth-order valence-electron chi connectivity index (χ4n) is 2.48.